The molecule has 0 spiro atoms. The molecule has 0 aliphatic heterocycles. The van der Waals surface area contributed by atoms with Crippen LogP contribution < -0.4 is 0 Å². The summed E-state index contributed by atoms with van der Waals surface area (Å²) in [5, 5.41) is 17.5. The van der Waals surface area contributed by atoms with Crippen LogP contribution in [0.3, 0.4) is 0 Å². The van der Waals surface area contributed by atoms with Crippen LogP contribution in [-0.4, -0.2) is 36.6 Å². The van der Waals surface area contributed by atoms with E-state index in [0.717, 1.165) is 11.1 Å². The van der Waals surface area contributed by atoms with Crippen molar-refractivity contribution in [2.45, 2.75) is 26.7 Å². The summed E-state index contributed by atoms with van der Waals surface area (Å²) in [6.07, 6.45) is 4.89. The number of rotatable bonds is 10. The normalized spacial score (nSPS) is 13.4. The molecule has 0 aliphatic carbocycles. The number of hydrogen-bond acceptors (Lipinski definition) is 5. The summed E-state index contributed by atoms with van der Waals surface area (Å²) < 4.78 is 21.3. The summed E-state index contributed by atoms with van der Waals surface area (Å²) in [5.41, 5.74) is 1.73. The molecule has 0 radical (unpaired) electrons. The van der Waals surface area contributed by atoms with Gasteiger partial charge in [-0.25, -0.2) is 0 Å². The SMILES string of the molecule is C/C(=C\CCO[PH](=O)OCC/C=C(\C)CO)CO. The topological polar surface area (TPSA) is 76.0 Å². The van der Waals surface area contributed by atoms with Gasteiger partial charge in [-0.15, -0.1) is 0 Å². The zero-order valence-corrected chi connectivity index (χ0v) is 12.0. The maximum absolute atomic E-state index is 11.3. The van der Waals surface area contributed by atoms with E-state index >= 15 is 0 Å². The minimum absolute atomic E-state index is 0.0300. The Labute approximate surface area is 109 Å². The lowest BCUT2D eigenvalue weighted by atomic mass is 10.2. The van der Waals surface area contributed by atoms with Crippen LogP contribution in [0.4, 0.5) is 0 Å². The molecule has 0 atom stereocenters. The first-order valence-corrected chi connectivity index (χ1v) is 7.15. The van der Waals surface area contributed by atoms with Gasteiger partial charge < -0.3 is 19.3 Å². The third-order valence-corrected chi connectivity index (χ3v) is 3.04. The Kier molecular flexibility index (Phi) is 11.3. The molecule has 0 fully saturated rings. The van der Waals surface area contributed by atoms with E-state index in [-0.39, 0.29) is 13.2 Å². The molecule has 0 aromatic rings. The zero-order valence-electron chi connectivity index (χ0n) is 11.0. The predicted molar refractivity (Wildman–Crippen MR) is 71.8 cm³/mol. The molecule has 18 heavy (non-hydrogen) atoms. The van der Waals surface area contributed by atoms with Crippen LogP contribution >= 0.6 is 8.25 Å². The second-order valence-electron chi connectivity index (χ2n) is 3.94. The largest absolute Gasteiger partial charge is 0.392 e. The molecule has 0 aromatic carbocycles. The van der Waals surface area contributed by atoms with Gasteiger partial charge in [0.05, 0.1) is 26.4 Å². The quantitative estimate of drug-likeness (QED) is 0.363. The molecule has 2 N–H and O–H groups in total. The Morgan fingerprint density at radius 2 is 1.39 bits per heavy atom. The minimum atomic E-state index is -2.43. The first kappa shape index (κ1) is 17.6. The van der Waals surface area contributed by atoms with Crippen LogP contribution in [-0.2, 0) is 13.6 Å². The van der Waals surface area contributed by atoms with Crippen LogP contribution in [0, 0.1) is 0 Å². The maximum atomic E-state index is 11.3. The molecule has 0 bridgehead atoms. The molecule has 0 rings (SSSR count). The summed E-state index contributed by atoms with van der Waals surface area (Å²) in [5.74, 6) is 0. The molecular formula is C12H23O5P. The van der Waals surface area contributed by atoms with E-state index in [2.05, 4.69) is 0 Å². The summed E-state index contributed by atoms with van der Waals surface area (Å²) >= 11 is 0. The van der Waals surface area contributed by atoms with Gasteiger partial charge in [0.15, 0.2) is 0 Å². The van der Waals surface area contributed by atoms with Gasteiger partial charge in [0.2, 0.25) is 0 Å². The van der Waals surface area contributed by atoms with E-state index < -0.39 is 8.25 Å². The summed E-state index contributed by atoms with van der Waals surface area (Å²) in [6, 6.07) is 0. The summed E-state index contributed by atoms with van der Waals surface area (Å²) in [6.45, 7) is 4.33. The van der Waals surface area contributed by atoms with Crippen LogP contribution in [0.15, 0.2) is 23.3 Å². The fourth-order valence-corrected chi connectivity index (χ4v) is 1.72. The highest BCUT2D eigenvalue weighted by atomic mass is 31.1. The number of aliphatic hydroxyl groups is 2. The van der Waals surface area contributed by atoms with Gasteiger partial charge in [-0.05, 0) is 26.7 Å². The van der Waals surface area contributed by atoms with Gasteiger partial charge in [-0.3, -0.25) is 4.57 Å². The first-order valence-electron chi connectivity index (χ1n) is 5.92. The minimum Gasteiger partial charge on any atom is -0.392 e. The van der Waals surface area contributed by atoms with Crippen LogP contribution in [0.1, 0.15) is 26.7 Å². The monoisotopic (exact) mass is 278 g/mol. The van der Waals surface area contributed by atoms with Gasteiger partial charge in [0.25, 0.3) is 0 Å². The van der Waals surface area contributed by atoms with Crippen molar-refractivity contribution in [3.05, 3.63) is 23.3 Å². The Balaban J connectivity index is 3.55. The predicted octanol–water partition coefficient (Wildman–Crippen LogP) is 2.07. The standard InChI is InChI=1S/C12H23O5P/c1-11(9-13)5-3-7-16-18(15)17-8-4-6-12(2)10-14/h5-6,13-14,18H,3-4,7-10H2,1-2H3/b11-5+,12-6+. The smallest absolute Gasteiger partial charge is 0.319 e. The maximum Gasteiger partial charge on any atom is 0.319 e. The molecule has 0 heterocycles. The van der Waals surface area contributed by atoms with Crippen molar-refractivity contribution in [1.29, 1.82) is 0 Å². The molecule has 0 aromatic heterocycles. The van der Waals surface area contributed by atoms with Gasteiger partial charge >= 0.3 is 8.25 Å². The molecule has 0 aliphatic rings. The second-order valence-corrected chi connectivity index (χ2v) is 5.02. The fourth-order valence-electron chi connectivity index (χ4n) is 1.07. The lowest BCUT2D eigenvalue weighted by Crippen LogP contribution is -1.92. The third-order valence-electron chi connectivity index (χ3n) is 2.16. The highest BCUT2D eigenvalue weighted by Gasteiger charge is 1.98. The van der Waals surface area contributed by atoms with Crippen molar-refractivity contribution < 1.29 is 23.8 Å². The number of hydrogen-bond donors (Lipinski definition) is 2. The van der Waals surface area contributed by atoms with E-state index in [1.807, 2.05) is 26.0 Å². The van der Waals surface area contributed by atoms with Crippen molar-refractivity contribution in [3.63, 3.8) is 0 Å². The molecular weight excluding hydrogens is 255 g/mol. The molecule has 6 heteroatoms. The van der Waals surface area contributed by atoms with Crippen molar-refractivity contribution in [3.8, 4) is 0 Å². The lowest BCUT2D eigenvalue weighted by Gasteiger charge is -2.04. The van der Waals surface area contributed by atoms with E-state index in [0.29, 0.717) is 26.1 Å². The third kappa shape index (κ3) is 10.7. The molecule has 106 valence electrons. The average Bonchev–Trinajstić information content (AvgIpc) is 2.38. The molecule has 0 unspecified atom stereocenters. The van der Waals surface area contributed by atoms with Crippen LogP contribution in [0.5, 0.6) is 0 Å². The summed E-state index contributed by atoms with van der Waals surface area (Å²) in [4.78, 5) is 0. The molecule has 5 nitrogen and oxygen atoms in total. The Morgan fingerprint density at radius 3 is 1.72 bits per heavy atom. The fraction of sp³-hybridized carbons (Fsp3) is 0.667. The van der Waals surface area contributed by atoms with Gasteiger partial charge in [-0.2, -0.15) is 0 Å². The van der Waals surface area contributed by atoms with Crippen LogP contribution in [0.2, 0.25) is 0 Å². The van der Waals surface area contributed by atoms with Crippen molar-refractivity contribution in [2.24, 2.45) is 0 Å². The van der Waals surface area contributed by atoms with Gasteiger partial charge in [0, 0.05) is 0 Å². The average molecular weight is 278 g/mol. The Hall–Kier alpha value is -0.450. The van der Waals surface area contributed by atoms with Crippen molar-refractivity contribution in [1.82, 2.24) is 0 Å². The Morgan fingerprint density at radius 1 is 1.00 bits per heavy atom. The highest BCUT2D eigenvalue weighted by Crippen LogP contribution is 2.24. The van der Waals surface area contributed by atoms with Gasteiger partial charge in [-0.1, -0.05) is 23.3 Å². The van der Waals surface area contributed by atoms with E-state index in [4.69, 9.17) is 19.3 Å². The number of aliphatic hydroxyl groups excluding tert-OH is 2. The highest BCUT2D eigenvalue weighted by molar-refractivity contribution is 7.33. The second kappa shape index (κ2) is 11.6. The van der Waals surface area contributed by atoms with Crippen molar-refractivity contribution >= 4 is 8.25 Å². The molecule has 0 saturated carbocycles. The van der Waals surface area contributed by atoms with Crippen molar-refractivity contribution in [2.75, 3.05) is 26.4 Å². The lowest BCUT2D eigenvalue weighted by molar-refractivity contribution is 0.231. The summed E-state index contributed by atoms with van der Waals surface area (Å²) in [7, 11) is -2.43. The van der Waals surface area contributed by atoms with Crippen LogP contribution in [0.25, 0.3) is 0 Å². The van der Waals surface area contributed by atoms with E-state index in [1.54, 1.807) is 0 Å². The van der Waals surface area contributed by atoms with Gasteiger partial charge in [0.1, 0.15) is 0 Å². The first-order chi connectivity index (χ1) is 8.60. The van der Waals surface area contributed by atoms with E-state index in [1.165, 1.54) is 0 Å². The zero-order chi connectivity index (χ0) is 13.8. The molecule has 0 saturated heterocycles. The molecule has 0 amide bonds. The van der Waals surface area contributed by atoms with E-state index in [9.17, 15) is 4.57 Å². The Bertz CT molecular complexity index is 271.